The third-order valence-electron chi connectivity index (χ3n) is 4.40. The molecule has 126 valence electrons. The maximum absolute atomic E-state index is 11.8. The fourth-order valence-corrected chi connectivity index (χ4v) is 3.06. The van der Waals surface area contributed by atoms with Crippen LogP contribution in [-0.4, -0.2) is 25.7 Å². The van der Waals surface area contributed by atoms with Crippen molar-refractivity contribution < 1.29 is 9.53 Å². The van der Waals surface area contributed by atoms with Crippen LogP contribution in [0.4, 0.5) is 10.5 Å². The van der Waals surface area contributed by atoms with Gasteiger partial charge in [0.1, 0.15) is 6.61 Å². The van der Waals surface area contributed by atoms with Crippen molar-refractivity contribution in [1.29, 1.82) is 0 Å². The first-order chi connectivity index (χ1) is 11.7. The molecule has 1 unspecified atom stereocenters. The van der Waals surface area contributed by atoms with E-state index in [-0.39, 0.29) is 6.09 Å². The molecule has 0 aromatic heterocycles. The molecule has 2 aromatic carbocycles. The van der Waals surface area contributed by atoms with Crippen molar-refractivity contribution in [2.45, 2.75) is 20.0 Å². The number of carbonyl (C=O) groups excluding carboxylic acids is 1. The molecule has 2 aromatic rings. The number of ether oxygens (including phenoxy) is 1. The smallest absolute Gasteiger partial charge is 0.407 e. The van der Waals surface area contributed by atoms with E-state index < -0.39 is 0 Å². The van der Waals surface area contributed by atoms with Crippen molar-refractivity contribution in [2.24, 2.45) is 5.92 Å². The van der Waals surface area contributed by atoms with Crippen molar-refractivity contribution in [1.82, 2.24) is 5.32 Å². The molecule has 1 aliphatic rings. The Morgan fingerprint density at radius 1 is 1.21 bits per heavy atom. The Hall–Kier alpha value is -2.49. The van der Waals surface area contributed by atoms with E-state index in [9.17, 15) is 4.79 Å². The van der Waals surface area contributed by atoms with Gasteiger partial charge in [0.2, 0.25) is 0 Å². The van der Waals surface area contributed by atoms with Gasteiger partial charge < -0.3 is 15.0 Å². The predicted octanol–water partition coefficient (Wildman–Crippen LogP) is 3.75. The molecule has 0 bridgehead atoms. The number of aryl methyl sites for hydroxylation is 1. The fourth-order valence-electron chi connectivity index (χ4n) is 3.06. The van der Waals surface area contributed by atoms with Gasteiger partial charge in [-0.25, -0.2) is 4.79 Å². The Morgan fingerprint density at radius 2 is 2.04 bits per heavy atom. The zero-order valence-electron chi connectivity index (χ0n) is 14.1. The lowest BCUT2D eigenvalue weighted by atomic mass is 10.1. The number of carbonyl (C=O) groups is 1. The average Bonchev–Trinajstić information content (AvgIpc) is 3.08. The summed E-state index contributed by atoms with van der Waals surface area (Å²) >= 11 is 0. The number of hydrogen-bond acceptors (Lipinski definition) is 3. The highest BCUT2D eigenvalue weighted by Crippen LogP contribution is 2.24. The summed E-state index contributed by atoms with van der Waals surface area (Å²) in [6.45, 7) is 5.10. The predicted molar refractivity (Wildman–Crippen MR) is 96.1 cm³/mol. The lowest BCUT2D eigenvalue weighted by Crippen LogP contribution is -2.31. The Labute approximate surface area is 143 Å². The Morgan fingerprint density at radius 3 is 2.83 bits per heavy atom. The van der Waals surface area contributed by atoms with Crippen LogP contribution in [0.3, 0.4) is 0 Å². The van der Waals surface area contributed by atoms with Crippen molar-refractivity contribution >= 4 is 11.8 Å². The highest BCUT2D eigenvalue weighted by molar-refractivity contribution is 5.67. The molecule has 1 saturated heterocycles. The molecule has 0 aliphatic carbocycles. The third kappa shape index (κ3) is 4.51. The van der Waals surface area contributed by atoms with Crippen molar-refractivity contribution in [2.75, 3.05) is 24.5 Å². The summed E-state index contributed by atoms with van der Waals surface area (Å²) in [5.74, 6) is 0.467. The number of benzene rings is 2. The monoisotopic (exact) mass is 324 g/mol. The first-order valence-electron chi connectivity index (χ1n) is 8.47. The van der Waals surface area contributed by atoms with Gasteiger partial charge in [-0.2, -0.15) is 0 Å². The molecular weight excluding hydrogens is 300 g/mol. The lowest BCUT2D eigenvalue weighted by Gasteiger charge is -2.19. The Bertz CT molecular complexity index is 672. The van der Waals surface area contributed by atoms with E-state index in [0.717, 1.165) is 25.1 Å². The first kappa shape index (κ1) is 16.4. The van der Waals surface area contributed by atoms with Gasteiger partial charge in [0.15, 0.2) is 0 Å². The van der Waals surface area contributed by atoms with Crippen LogP contribution in [0.5, 0.6) is 0 Å². The number of amides is 1. The minimum atomic E-state index is -0.340. The summed E-state index contributed by atoms with van der Waals surface area (Å²) in [6, 6.07) is 18.3. The van der Waals surface area contributed by atoms with Gasteiger partial charge in [-0.15, -0.1) is 0 Å². The first-order valence-corrected chi connectivity index (χ1v) is 8.47. The zero-order valence-corrected chi connectivity index (χ0v) is 14.1. The molecule has 4 nitrogen and oxygen atoms in total. The molecule has 1 N–H and O–H groups in total. The van der Waals surface area contributed by atoms with Crippen LogP contribution in [0.25, 0.3) is 0 Å². The maximum Gasteiger partial charge on any atom is 0.407 e. The Balaban J connectivity index is 1.40. The standard InChI is InChI=1S/C20H24N2O2/c1-16-6-5-9-19(12-16)22-11-10-18(14-22)13-21-20(23)24-15-17-7-3-2-4-8-17/h2-9,12,18H,10-11,13-15H2,1H3,(H,21,23). The van der Waals surface area contributed by atoms with Crippen LogP contribution in [0.15, 0.2) is 54.6 Å². The number of nitrogens with one attached hydrogen (secondary N) is 1. The highest BCUT2D eigenvalue weighted by Gasteiger charge is 2.23. The maximum atomic E-state index is 11.8. The molecule has 1 heterocycles. The van der Waals surface area contributed by atoms with Crippen LogP contribution >= 0.6 is 0 Å². The number of hydrogen-bond donors (Lipinski definition) is 1. The number of anilines is 1. The van der Waals surface area contributed by atoms with Crippen LogP contribution in [0.2, 0.25) is 0 Å². The molecular formula is C20H24N2O2. The van der Waals surface area contributed by atoms with Crippen LogP contribution in [0, 0.1) is 12.8 Å². The van der Waals surface area contributed by atoms with E-state index in [1.807, 2.05) is 30.3 Å². The normalized spacial score (nSPS) is 16.9. The number of rotatable bonds is 5. The second kappa shape index (κ2) is 7.86. The number of nitrogens with zero attached hydrogens (tertiary/aromatic N) is 1. The van der Waals surface area contributed by atoms with Gasteiger partial charge in [-0.05, 0) is 42.5 Å². The summed E-state index contributed by atoms with van der Waals surface area (Å²) in [7, 11) is 0. The molecule has 1 aliphatic heterocycles. The van der Waals surface area contributed by atoms with Crippen molar-refractivity contribution in [3.63, 3.8) is 0 Å². The summed E-state index contributed by atoms with van der Waals surface area (Å²) < 4.78 is 5.25. The quantitative estimate of drug-likeness (QED) is 0.911. The summed E-state index contributed by atoms with van der Waals surface area (Å²) in [5, 5.41) is 2.89. The largest absolute Gasteiger partial charge is 0.445 e. The molecule has 1 fully saturated rings. The SMILES string of the molecule is Cc1cccc(N2CCC(CNC(=O)OCc3ccccc3)C2)c1. The van der Waals surface area contributed by atoms with Gasteiger partial charge in [0.05, 0.1) is 0 Å². The molecule has 0 radical (unpaired) electrons. The summed E-state index contributed by atoms with van der Waals surface area (Å²) in [4.78, 5) is 14.2. The van der Waals surface area contributed by atoms with Crippen molar-refractivity contribution in [3.05, 3.63) is 65.7 Å². The summed E-state index contributed by atoms with van der Waals surface area (Å²) in [6.07, 6.45) is 0.750. The summed E-state index contributed by atoms with van der Waals surface area (Å²) in [5.41, 5.74) is 3.54. The van der Waals surface area contributed by atoms with E-state index in [2.05, 4.69) is 41.4 Å². The molecule has 0 saturated carbocycles. The zero-order chi connectivity index (χ0) is 16.8. The van der Waals surface area contributed by atoms with Gasteiger partial charge in [-0.3, -0.25) is 0 Å². The molecule has 1 amide bonds. The molecule has 24 heavy (non-hydrogen) atoms. The van der Waals surface area contributed by atoms with E-state index in [1.165, 1.54) is 11.3 Å². The second-order valence-corrected chi connectivity index (χ2v) is 6.38. The van der Waals surface area contributed by atoms with E-state index in [4.69, 9.17) is 4.74 Å². The highest BCUT2D eigenvalue weighted by atomic mass is 16.5. The lowest BCUT2D eigenvalue weighted by molar-refractivity contribution is 0.138. The fraction of sp³-hybridized carbons (Fsp3) is 0.350. The van der Waals surface area contributed by atoms with Gasteiger partial charge in [0, 0.05) is 25.3 Å². The van der Waals surface area contributed by atoms with E-state index in [0.29, 0.717) is 19.1 Å². The van der Waals surface area contributed by atoms with Crippen LogP contribution in [0.1, 0.15) is 17.5 Å². The minimum Gasteiger partial charge on any atom is -0.445 e. The van der Waals surface area contributed by atoms with Gasteiger partial charge in [0.25, 0.3) is 0 Å². The topological polar surface area (TPSA) is 41.6 Å². The minimum absolute atomic E-state index is 0.312. The van der Waals surface area contributed by atoms with Crippen LogP contribution < -0.4 is 10.2 Å². The second-order valence-electron chi connectivity index (χ2n) is 6.38. The van der Waals surface area contributed by atoms with Crippen molar-refractivity contribution in [3.8, 4) is 0 Å². The van der Waals surface area contributed by atoms with E-state index >= 15 is 0 Å². The molecule has 0 spiro atoms. The molecule has 1 atom stereocenters. The van der Waals surface area contributed by atoms with Gasteiger partial charge in [-0.1, -0.05) is 42.5 Å². The third-order valence-corrected chi connectivity index (χ3v) is 4.40. The Kier molecular flexibility index (Phi) is 5.36. The van der Waals surface area contributed by atoms with Crippen LogP contribution in [-0.2, 0) is 11.3 Å². The van der Waals surface area contributed by atoms with E-state index in [1.54, 1.807) is 0 Å². The average molecular weight is 324 g/mol. The number of alkyl carbamates (subject to hydrolysis) is 1. The molecule has 4 heteroatoms. The van der Waals surface area contributed by atoms with Gasteiger partial charge >= 0.3 is 6.09 Å². The molecule has 3 rings (SSSR count).